The highest BCUT2D eigenvalue weighted by Crippen LogP contribution is 2.29. The zero-order valence-corrected chi connectivity index (χ0v) is 11.7. The van der Waals surface area contributed by atoms with Crippen LogP contribution >= 0.6 is 11.3 Å². The second-order valence-corrected chi connectivity index (χ2v) is 5.00. The average molecular weight is 325 g/mol. The third-order valence-electron chi connectivity index (χ3n) is 2.32. The Balaban J connectivity index is 2.20. The Kier molecular flexibility index (Phi) is 6.40. The Morgan fingerprint density at radius 1 is 1.29 bits per heavy atom. The summed E-state index contributed by atoms with van der Waals surface area (Å²) in [4.78, 5) is 24.9. The fraction of sp³-hybridized carbons (Fsp3) is 0.545. The van der Waals surface area contributed by atoms with E-state index in [-0.39, 0.29) is 30.9 Å². The lowest BCUT2D eigenvalue weighted by atomic mass is 10.3. The first kappa shape index (κ1) is 17.2. The van der Waals surface area contributed by atoms with Crippen LogP contribution in [-0.2, 0) is 17.4 Å². The van der Waals surface area contributed by atoms with E-state index in [0.29, 0.717) is 6.42 Å². The molecule has 6 nitrogen and oxygen atoms in total. The minimum Gasteiger partial charge on any atom is -0.481 e. The summed E-state index contributed by atoms with van der Waals surface area (Å²) in [5.41, 5.74) is -0.930. The Labute approximate surface area is 122 Å². The number of carbonyl (C=O) groups is 2. The molecule has 0 bridgehead atoms. The molecule has 118 valence electrons. The molecule has 0 aliphatic rings. The maximum atomic E-state index is 12.3. The molecule has 10 heteroatoms. The van der Waals surface area contributed by atoms with Gasteiger partial charge in [-0.15, -0.1) is 11.3 Å². The molecule has 0 radical (unpaired) electrons. The fourth-order valence-electron chi connectivity index (χ4n) is 1.34. The minimum atomic E-state index is -4.45. The highest BCUT2D eigenvalue weighted by Gasteiger charge is 2.33. The lowest BCUT2D eigenvalue weighted by Gasteiger charge is -2.06. The van der Waals surface area contributed by atoms with Crippen LogP contribution in [-0.4, -0.2) is 35.2 Å². The fourth-order valence-corrected chi connectivity index (χ4v) is 2.15. The van der Waals surface area contributed by atoms with Crippen LogP contribution in [0.2, 0.25) is 0 Å². The highest BCUT2D eigenvalue weighted by atomic mass is 32.1. The number of nitrogens with one attached hydrogen (secondary N) is 2. The number of urea groups is 1. The average Bonchev–Trinajstić information content (AvgIpc) is 2.83. The number of thiazole rings is 1. The van der Waals surface area contributed by atoms with Crippen LogP contribution in [0.1, 0.15) is 23.5 Å². The monoisotopic (exact) mass is 325 g/mol. The van der Waals surface area contributed by atoms with Crippen molar-refractivity contribution in [2.45, 2.75) is 25.4 Å². The predicted octanol–water partition coefficient (Wildman–Crippen LogP) is 1.87. The van der Waals surface area contributed by atoms with Gasteiger partial charge in [0.25, 0.3) is 0 Å². The van der Waals surface area contributed by atoms with E-state index in [1.807, 2.05) is 0 Å². The molecule has 1 heterocycles. The molecule has 3 N–H and O–H groups in total. The number of aliphatic carboxylic acids is 1. The molecule has 0 saturated carbocycles. The van der Waals surface area contributed by atoms with Crippen molar-refractivity contribution in [3.05, 3.63) is 16.1 Å². The normalized spacial score (nSPS) is 11.2. The molecule has 0 atom stereocenters. The number of alkyl halides is 3. The second-order valence-electron chi connectivity index (χ2n) is 4.05. The summed E-state index contributed by atoms with van der Waals surface area (Å²) < 4.78 is 36.9. The summed E-state index contributed by atoms with van der Waals surface area (Å²) in [7, 11) is 0. The molecule has 0 spiro atoms. The number of hydrogen-bond acceptors (Lipinski definition) is 4. The number of aromatic nitrogens is 1. The van der Waals surface area contributed by atoms with E-state index in [1.165, 1.54) is 0 Å². The van der Waals surface area contributed by atoms with Gasteiger partial charge in [-0.2, -0.15) is 13.2 Å². The molecule has 21 heavy (non-hydrogen) atoms. The number of amides is 2. The standard InChI is InChI=1S/C11H14F3N3O3S/c12-11(13,14)7-6-21-8(17-7)3-5-16-10(20)15-4-1-2-9(18)19/h6H,1-5H2,(H,18,19)(H2,15,16,20). The van der Waals surface area contributed by atoms with E-state index in [1.54, 1.807) is 0 Å². The van der Waals surface area contributed by atoms with Crippen molar-refractivity contribution in [3.8, 4) is 0 Å². The van der Waals surface area contributed by atoms with Crippen molar-refractivity contribution in [1.29, 1.82) is 0 Å². The lowest BCUT2D eigenvalue weighted by Crippen LogP contribution is -2.37. The molecular formula is C11H14F3N3O3S. The predicted molar refractivity (Wildman–Crippen MR) is 69.1 cm³/mol. The summed E-state index contributed by atoms with van der Waals surface area (Å²) in [6.07, 6.45) is -3.99. The number of carbonyl (C=O) groups excluding carboxylic acids is 1. The quantitative estimate of drug-likeness (QED) is 0.667. The van der Waals surface area contributed by atoms with E-state index in [2.05, 4.69) is 15.6 Å². The van der Waals surface area contributed by atoms with E-state index in [9.17, 15) is 22.8 Å². The van der Waals surface area contributed by atoms with Gasteiger partial charge in [-0.3, -0.25) is 4.79 Å². The van der Waals surface area contributed by atoms with E-state index in [0.717, 1.165) is 16.7 Å². The molecule has 2 amide bonds. The molecule has 0 aromatic carbocycles. The molecular weight excluding hydrogens is 311 g/mol. The van der Waals surface area contributed by atoms with E-state index < -0.39 is 23.9 Å². The van der Waals surface area contributed by atoms with Gasteiger partial charge in [-0.05, 0) is 6.42 Å². The van der Waals surface area contributed by atoms with E-state index in [4.69, 9.17) is 5.11 Å². The zero-order valence-electron chi connectivity index (χ0n) is 10.9. The second kappa shape index (κ2) is 7.81. The molecule has 0 fully saturated rings. The SMILES string of the molecule is O=C(O)CCCNC(=O)NCCc1nc(C(F)(F)F)cs1. The van der Waals surface area contributed by atoms with Crippen LogP contribution in [0, 0.1) is 0 Å². The van der Waals surface area contributed by atoms with Gasteiger partial charge in [0.1, 0.15) is 0 Å². The third-order valence-corrected chi connectivity index (χ3v) is 3.23. The topological polar surface area (TPSA) is 91.3 Å². The van der Waals surface area contributed by atoms with Crippen molar-refractivity contribution in [1.82, 2.24) is 15.6 Å². The Hall–Kier alpha value is -1.84. The third kappa shape index (κ3) is 6.93. The van der Waals surface area contributed by atoms with Crippen LogP contribution in [0.25, 0.3) is 0 Å². The Morgan fingerprint density at radius 2 is 1.95 bits per heavy atom. The summed E-state index contributed by atoms with van der Waals surface area (Å²) >= 11 is 0.885. The van der Waals surface area contributed by atoms with Crippen LogP contribution in [0.4, 0.5) is 18.0 Å². The molecule has 0 unspecified atom stereocenters. The van der Waals surface area contributed by atoms with Gasteiger partial charge in [0.05, 0.1) is 5.01 Å². The number of halogens is 3. The van der Waals surface area contributed by atoms with Crippen molar-refractivity contribution in [2.75, 3.05) is 13.1 Å². The number of nitrogens with zero attached hydrogens (tertiary/aromatic N) is 1. The largest absolute Gasteiger partial charge is 0.481 e. The van der Waals surface area contributed by atoms with Gasteiger partial charge in [-0.25, -0.2) is 9.78 Å². The molecule has 1 aromatic rings. The van der Waals surface area contributed by atoms with Gasteiger partial charge in [0, 0.05) is 31.3 Å². The molecule has 1 rings (SSSR count). The summed E-state index contributed by atoms with van der Waals surface area (Å²) in [6.45, 7) is 0.364. The van der Waals surface area contributed by atoms with Crippen LogP contribution < -0.4 is 10.6 Å². The number of hydrogen-bond donors (Lipinski definition) is 3. The number of carboxylic acids is 1. The maximum Gasteiger partial charge on any atom is 0.434 e. The summed E-state index contributed by atoms with van der Waals surface area (Å²) in [6, 6.07) is -0.493. The van der Waals surface area contributed by atoms with Gasteiger partial charge in [0.2, 0.25) is 0 Å². The number of rotatable bonds is 7. The lowest BCUT2D eigenvalue weighted by molar-refractivity contribution is -0.141. The van der Waals surface area contributed by atoms with Gasteiger partial charge >= 0.3 is 18.2 Å². The summed E-state index contributed by atoms with van der Waals surface area (Å²) in [5, 5.41) is 14.5. The van der Waals surface area contributed by atoms with Crippen molar-refractivity contribution in [3.63, 3.8) is 0 Å². The Morgan fingerprint density at radius 3 is 2.52 bits per heavy atom. The zero-order chi connectivity index (χ0) is 15.9. The van der Waals surface area contributed by atoms with Crippen LogP contribution in [0.5, 0.6) is 0 Å². The van der Waals surface area contributed by atoms with Gasteiger partial charge in [0.15, 0.2) is 5.69 Å². The highest BCUT2D eigenvalue weighted by molar-refractivity contribution is 7.09. The first-order valence-corrected chi connectivity index (χ1v) is 6.92. The summed E-state index contributed by atoms with van der Waals surface area (Å²) in [5.74, 6) is -0.943. The van der Waals surface area contributed by atoms with Crippen LogP contribution in [0.15, 0.2) is 5.38 Å². The van der Waals surface area contributed by atoms with Crippen molar-refractivity contribution < 1.29 is 27.9 Å². The Bertz CT molecular complexity index is 491. The molecule has 0 aliphatic carbocycles. The molecule has 1 aromatic heterocycles. The van der Waals surface area contributed by atoms with E-state index >= 15 is 0 Å². The maximum absolute atomic E-state index is 12.3. The smallest absolute Gasteiger partial charge is 0.434 e. The van der Waals surface area contributed by atoms with Gasteiger partial charge < -0.3 is 15.7 Å². The number of carboxylic acid groups (broad SMARTS) is 1. The van der Waals surface area contributed by atoms with Gasteiger partial charge in [-0.1, -0.05) is 0 Å². The first-order chi connectivity index (χ1) is 9.79. The minimum absolute atomic E-state index is 0.0420. The van der Waals surface area contributed by atoms with Crippen LogP contribution in [0.3, 0.4) is 0 Å². The van der Waals surface area contributed by atoms with Crippen molar-refractivity contribution in [2.24, 2.45) is 0 Å². The van der Waals surface area contributed by atoms with Crippen molar-refractivity contribution >= 4 is 23.3 Å². The molecule has 0 saturated heterocycles. The first-order valence-electron chi connectivity index (χ1n) is 6.04. The molecule has 0 aliphatic heterocycles.